The lowest BCUT2D eigenvalue weighted by Crippen LogP contribution is -2.26. The smallest absolute Gasteiger partial charge is 0.335 e. The van der Waals surface area contributed by atoms with Gasteiger partial charge in [-0.2, -0.15) is 0 Å². The fraction of sp³-hybridized carbons (Fsp3) is 0.185. The Balaban J connectivity index is 1.75. The minimum atomic E-state index is -1.02. The molecule has 0 bridgehead atoms. The first-order valence-electron chi connectivity index (χ1n) is 11.6. The van der Waals surface area contributed by atoms with Crippen molar-refractivity contribution in [3.05, 3.63) is 77.6 Å². The van der Waals surface area contributed by atoms with Gasteiger partial charge in [-0.05, 0) is 73.0 Å². The zero-order chi connectivity index (χ0) is 26.7. The summed E-state index contributed by atoms with van der Waals surface area (Å²) in [5, 5.41) is 41.0. The van der Waals surface area contributed by atoms with Gasteiger partial charge in [0.2, 0.25) is 5.82 Å². The molecule has 0 aliphatic rings. The van der Waals surface area contributed by atoms with Gasteiger partial charge in [0.15, 0.2) is 5.82 Å². The Bertz CT molecular complexity index is 1440. The summed E-state index contributed by atoms with van der Waals surface area (Å²) in [5.41, 5.74) is 1.61. The normalized spacial score (nSPS) is 10.9. The van der Waals surface area contributed by atoms with E-state index in [1.54, 1.807) is 49.4 Å². The number of carboxylic acid groups (broad SMARTS) is 1. The number of aromatic carboxylic acids is 1. The molecule has 0 aliphatic carbocycles. The number of hydrogen-bond acceptors (Lipinski definition) is 7. The Hall–Kier alpha value is -4.86. The second-order valence-electron chi connectivity index (χ2n) is 8.55. The van der Waals surface area contributed by atoms with Crippen LogP contribution in [0.3, 0.4) is 0 Å². The van der Waals surface area contributed by atoms with Crippen LogP contribution < -0.4 is 10.1 Å². The number of carbonyl (C=O) groups excluding carboxylic acids is 1. The molecule has 0 spiro atoms. The molecule has 37 heavy (non-hydrogen) atoms. The molecule has 10 nitrogen and oxygen atoms in total. The number of nitrogens with zero attached hydrogens (tertiary/aromatic N) is 3. The minimum absolute atomic E-state index is 0.0216. The van der Waals surface area contributed by atoms with Gasteiger partial charge in [0.05, 0.1) is 11.1 Å². The number of ether oxygens (including phenoxy) is 1. The number of carbonyl (C=O) groups is 2. The van der Waals surface area contributed by atoms with Crippen molar-refractivity contribution >= 4 is 11.9 Å². The van der Waals surface area contributed by atoms with E-state index in [-0.39, 0.29) is 34.6 Å². The highest BCUT2D eigenvalue weighted by Crippen LogP contribution is 2.38. The van der Waals surface area contributed by atoms with E-state index in [9.17, 15) is 19.8 Å². The van der Waals surface area contributed by atoms with E-state index in [4.69, 9.17) is 9.84 Å². The summed E-state index contributed by atoms with van der Waals surface area (Å²) in [6.07, 6.45) is 0. The molecule has 3 aromatic carbocycles. The molecule has 0 saturated carbocycles. The number of hydrogen-bond donors (Lipinski definition) is 4. The second kappa shape index (κ2) is 10.4. The first kappa shape index (κ1) is 25.2. The first-order valence-corrected chi connectivity index (χ1v) is 11.6. The van der Waals surface area contributed by atoms with Crippen LogP contribution >= 0.6 is 0 Å². The molecule has 0 saturated heterocycles. The zero-order valence-electron chi connectivity index (χ0n) is 20.5. The highest BCUT2D eigenvalue weighted by atomic mass is 16.5. The van der Waals surface area contributed by atoms with Gasteiger partial charge in [-0.1, -0.05) is 13.8 Å². The molecule has 1 heterocycles. The van der Waals surface area contributed by atoms with Crippen molar-refractivity contribution in [1.82, 2.24) is 20.1 Å². The third-order valence-electron chi connectivity index (χ3n) is 5.64. The summed E-state index contributed by atoms with van der Waals surface area (Å²) in [7, 11) is 0. The molecule has 4 aromatic rings. The van der Waals surface area contributed by atoms with Crippen molar-refractivity contribution < 1.29 is 29.6 Å². The lowest BCUT2D eigenvalue weighted by Gasteiger charge is -2.15. The standard InChI is InChI=1S/C27H26N4O6/c1-4-28-26(34)25-30-29-24(21-13-20(15(2)3)22(32)14-23(21)33)31(25)17-7-11-19(12-8-17)37-18-9-5-16(6-10-18)27(35)36/h5-15,32-33H,4H2,1-3H3,(H,28,34)(H,35,36). The quantitative estimate of drug-likeness (QED) is 0.271. The van der Waals surface area contributed by atoms with Gasteiger partial charge in [-0.15, -0.1) is 10.2 Å². The van der Waals surface area contributed by atoms with E-state index in [0.29, 0.717) is 34.9 Å². The van der Waals surface area contributed by atoms with Crippen LogP contribution in [0.15, 0.2) is 60.7 Å². The Labute approximate surface area is 212 Å². The Morgan fingerprint density at radius 3 is 2.14 bits per heavy atom. The number of aromatic hydroxyl groups is 2. The molecule has 0 unspecified atom stereocenters. The van der Waals surface area contributed by atoms with Crippen LogP contribution in [-0.2, 0) is 0 Å². The van der Waals surface area contributed by atoms with Crippen molar-refractivity contribution in [2.24, 2.45) is 0 Å². The summed E-state index contributed by atoms with van der Waals surface area (Å²) < 4.78 is 7.33. The van der Waals surface area contributed by atoms with Gasteiger partial charge >= 0.3 is 5.97 Å². The van der Waals surface area contributed by atoms with Gasteiger partial charge < -0.3 is 25.4 Å². The Morgan fingerprint density at radius 2 is 1.57 bits per heavy atom. The summed E-state index contributed by atoms with van der Waals surface area (Å²) in [5.74, 6) is -0.554. The molecule has 10 heteroatoms. The fourth-order valence-corrected chi connectivity index (χ4v) is 3.79. The number of carboxylic acids is 1. The van der Waals surface area contributed by atoms with Crippen LogP contribution in [0.5, 0.6) is 23.0 Å². The highest BCUT2D eigenvalue weighted by molar-refractivity contribution is 5.92. The van der Waals surface area contributed by atoms with Gasteiger partial charge in [0, 0.05) is 18.3 Å². The number of nitrogens with one attached hydrogen (secondary N) is 1. The number of amides is 1. The third-order valence-corrected chi connectivity index (χ3v) is 5.64. The summed E-state index contributed by atoms with van der Waals surface area (Å²) in [4.78, 5) is 23.8. The molecule has 0 radical (unpaired) electrons. The van der Waals surface area contributed by atoms with Crippen LogP contribution in [0.4, 0.5) is 0 Å². The molecular formula is C27H26N4O6. The molecular weight excluding hydrogens is 476 g/mol. The van der Waals surface area contributed by atoms with E-state index in [1.165, 1.54) is 22.8 Å². The maximum atomic E-state index is 12.8. The van der Waals surface area contributed by atoms with Crippen molar-refractivity contribution in [2.75, 3.05) is 6.54 Å². The molecule has 1 amide bonds. The maximum Gasteiger partial charge on any atom is 0.335 e. The van der Waals surface area contributed by atoms with Crippen molar-refractivity contribution in [3.8, 4) is 40.1 Å². The van der Waals surface area contributed by atoms with E-state index in [1.807, 2.05) is 13.8 Å². The van der Waals surface area contributed by atoms with Crippen LogP contribution in [0.1, 0.15) is 53.2 Å². The average molecular weight is 503 g/mol. The molecule has 4 rings (SSSR count). The number of aromatic nitrogens is 3. The van der Waals surface area contributed by atoms with E-state index in [0.717, 1.165) is 0 Å². The lowest BCUT2D eigenvalue weighted by molar-refractivity contribution is 0.0696. The predicted molar refractivity (Wildman–Crippen MR) is 136 cm³/mol. The third kappa shape index (κ3) is 5.22. The lowest BCUT2D eigenvalue weighted by atomic mass is 9.98. The van der Waals surface area contributed by atoms with Crippen molar-refractivity contribution in [2.45, 2.75) is 26.7 Å². The number of benzene rings is 3. The first-order chi connectivity index (χ1) is 17.7. The molecule has 1 aromatic heterocycles. The monoisotopic (exact) mass is 502 g/mol. The van der Waals surface area contributed by atoms with E-state index < -0.39 is 11.9 Å². The van der Waals surface area contributed by atoms with Crippen LogP contribution in [-0.4, -0.2) is 48.5 Å². The molecule has 0 aliphatic heterocycles. The van der Waals surface area contributed by atoms with E-state index >= 15 is 0 Å². The average Bonchev–Trinajstić information content (AvgIpc) is 3.30. The number of phenols is 2. The summed E-state index contributed by atoms with van der Waals surface area (Å²) in [6.45, 7) is 6.00. The van der Waals surface area contributed by atoms with E-state index in [2.05, 4.69) is 15.5 Å². The molecule has 0 fully saturated rings. The summed E-state index contributed by atoms with van der Waals surface area (Å²) in [6, 6.07) is 15.7. The van der Waals surface area contributed by atoms with Gasteiger partial charge in [0.1, 0.15) is 23.0 Å². The second-order valence-corrected chi connectivity index (χ2v) is 8.55. The van der Waals surface area contributed by atoms with Crippen molar-refractivity contribution in [3.63, 3.8) is 0 Å². The zero-order valence-corrected chi connectivity index (χ0v) is 20.5. The SMILES string of the molecule is CCNC(=O)c1nnc(-c2cc(C(C)C)c(O)cc2O)n1-c1ccc(Oc2ccc(C(=O)O)cc2)cc1. The van der Waals surface area contributed by atoms with Crippen molar-refractivity contribution in [1.29, 1.82) is 0 Å². The molecule has 190 valence electrons. The van der Waals surface area contributed by atoms with Gasteiger partial charge in [0.25, 0.3) is 5.91 Å². The molecule has 4 N–H and O–H groups in total. The summed E-state index contributed by atoms with van der Waals surface area (Å²) >= 11 is 0. The highest BCUT2D eigenvalue weighted by Gasteiger charge is 2.24. The number of phenolic OH excluding ortho intramolecular Hbond substituents is 2. The predicted octanol–water partition coefficient (Wildman–Crippen LogP) is 4.71. The number of rotatable bonds is 8. The molecule has 0 atom stereocenters. The van der Waals surface area contributed by atoms with Crippen LogP contribution in [0, 0.1) is 0 Å². The maximum absolute atomic E-state index is 12.8. The van der Waals surface area contributed by atoms with Crippen LogP contribution in [0.2, 0.25) is 0 Å². The largest absolute Gasteiger partial charge is 0.508 e. The van der Waals surface area contributed by atoms with Gasteiger partial charge in [-0.3, -0.25) is 9.36 Å². The Morgan fingerprint density at radius 1 is 0.946 bits per heavy atom. The van der Waals surface area contributed by atoms with Gasteiger partial charge in [-0.25, -0.2) is 4.79 Å². The fourth-order valence-electron chi connectivity index (χ4n) is 3.79. The van der Waals surface area contributed by atoms with Crippen LogP contribution in [0.25, 0.3) is 17.1 Å². The topological polar surface area (TPSA) is 147 Å². The minimum Gasteiger partial charge on any atom is -0.508 e. The Kier molecular flexibility index (Phi) is 7.10.